The molecule has 3 rings (SSSR count). The first kappa shape index (κ1) is 15.8. The number of carbonyl (C=O) groups is 1. The topological polar surface area (TPSA) is 34.0 Å². The number of anilines is 1. The lowest BCUT2D eigenvalue weighted by Crippen LogP contribution is -2.16. The van der Waals surface area contributed by atoms with Gasteiger partial charge >= 0.3 is 0 Å². The minimum absolute atomic E-state index is 0.101. The van der Waals surface area contributed by atoms with E-state index in [9.17, 15) is 9.18 Å². The summed E-state index contributed by atoms with van der Waals surface area (Å²) in [6.45, 7) is 3.67. The van der Waals surface area contributed by atoms with Gasteiger partial charge in [0.25, 0.3) is 5.91 Å². The molecule has 1 heterocycles. The van der Waals surface area contributed by atoms with Gasteiger partial charge in [-0.3, -0.25) is 4.79 Å². The monoisotopic (exact) mass is 314 g/mol. The van der Waals surface area contributed by atoms with E-state index in [-0.39, 0.29) is 11.7 Å². The number of nitrogens with zero attached hydrogens (tertiary/aromatic N) is 1. The van der Waals surface area contributed by atoms with E-state index in [1.807, 2.05) is 20.2 Å². The van der Waals surface area contributed by atoms with Crippen molar-refractivity contribution in [3.63, 3.8) is 0 Å². The van der Waals surface area contributed by atoms with Crippen LogP contribution >= 0.6 is 0 Å². The lowest BCUT2D eigenvalue weighted by molar-refractivity contribution is 0.102. The molecule has 1 saturated carbocycles. The van der Waals surface area contributed by atoms with Crippen LogP contribution in [-0.2, 0) is 7.05 Å². The molecule has 1 fully saturated rings. The number of benzene rings is 1. The number of hydrogen-bond donors (Lipinski definition) is 1. The summed E-state index contributed by atoms with van der Waals surface area (Å²) in [7, 11) is 2.01. The van der Waals surface area contributed by atoms with Crippen LogP contribution in [-0.4, -0.2) is 10.5 Å². The number of carbonyl (C=O) groups excluding carboxylic acids is 1. The third-order valence-corrected chi connectivity index (χ3v) is 4.80. The third-order valence-electron chi connectivity index (χ3n) is 4.80. The van der Waals surface area contributed by atoms with E-state index in [0.717, 1.165) is 29.7 Å². The van der Waals surface area contributed by atoms with Gasteiger partial charge in [0, 0.05) is 24.6 Å². The van der Waals surface area contributed by atoms with Gasteiger partial charge in [0.15, 0.2) is 0 Å². The molecule has 3 nitrogen and oxygen atoms in total. The van der Waals surface area contributed by atoms with Gasteiger partial charge < -0.3 is 9.88 Å². The number of aromatic nitrogens is 1. The first-order chi connectivity index (χ1) is 11.0. The third kappa shape index (κ3) is 3.03. The van der Waals surface area contributed by atoms with Crippen LogP contribution in [0.4, 0.5) is 10.1 Å². The van der Waals surface area contributed by atoms with Gasteiger partial charge in [-0.25, -0.2) is 4.39 Å². The van der Waals surface area contributed by atoms with Crippen LogP contribution in [0, 0.1) is 19.7 Å². The Balaban J connectivity index is 1.91. The molecule has 1 aliphatic rings. The van der Waals surface area contributed by atoms with Crippen molar-refractivity contribution in [3.8, 4) is 0 Å². The summed E-state index contributed by atoms with van der Waals surface area (Å²) in [5.74, 6) is 0.103. The highest BCUT2D eigenvalue weighted by molar-refractivity contribution is 6.06. The Bertz CT molecular complexity index is 742. The number of halogens is 1. The maximum Gasteiger partial charge on any atom is 0.257 e. The highest BCUT2D eigenvalue weighted by Gasteiger charge is 2.27. The summed E-state index contributed by atoms with van der Waals surface area (Å²) < 4.78 is 15.5. The van der Waals surface area contributed by atoms with Crippen molar-refractivity contribution >= 4 is 11.6 Å². The number of rotatable bonds is 3. The summed E-state index contributed by atoms with van der Waals surface area (Å²) in [5.41, 5.74) is 4.07. The fourth-order valence-corrected chi connectivity index (χ4v) is 3.71. The van der Waals surface area contributed by atoms with Crippen molar-refractivity contribution in [1.82, 2.24) is 4.57 Å². The van der Waals surface area contributed by atoms with Crippen molar-refractivity contribution in [2.45, 2.75) is 45.4 Å². The summed E-state index contributed by atoms with van der Waals surface area (Å²) in [5, 5.41) is 2.93. The van der Waals surface area contributed by atoms with Crippen molar-refractivity contribution < 1.29 is 9.18 Å². The minimum Gasteiger partial charge on any atom is -0.353 e. The molecule has 0 atom stereocenters. The Hall–Kier alpha value is -2.10. The van der Waals surface area contributed by atoms with E-state index in [0.29, 0.717) is 17.2 Å². The fourth-order valence-electron chi connectivity index (χ4n) is 3.71. The van der Waals surface area contributed by atoms with Gasteiger partial charge in [-0.2, -0.15) is 0 Å². The smallest absolute Gasteiger partial charge is 0.257 e. The van der Waals surface area contributed by atoms with Crippen LogP contribution in [0.5, 0.6) is 0 Å². The van der Waals surface area contributed by atoms with E-state index in [4.69, 9.17) is 0 Å². The highest BCUT2D eigenvalue weighted by atomic mass is 19.1. The number of amides is 1. The number of hydrogen-bond acceptors (Lipinski definition) is 1. The zero-order chi connectivity index (χ0) is 16.6. The lowest BCUT2D eigenvalue weighted by atomic mass is 9.98. The van der Waals surface area contributed by atoms with Gasteiger partial charge in [0.2, 0.25) is 0 Å². The zero-order valence-electron chi connectivity index (χ0n) is 13.9. The van der Waals surface area contributed by atoms with Crippen LogP contribution in [0.1, 0.15) is 58.8 Å². The van der Waals surface area contributed by atoms with E-state index >= 15 is 0 Å². The van der Waals surface area contributed by atoms with Crippen LogP contribution in [0.2, 0.25) is 0 Å². The Morgan fingerprint density at radius 3 is 2.57 bits per heavy atom. The lowest BCUT2D eigenvalue weighted by Gasteiger charge is -2.15. The van der Waals surface area contributed by atoms with Gasteiger partial charge in [-0.05, 0) is 61.9 Å². The molecule has 122 valence electrons. The van der Waals surface area contributed by atoms with Gasteiger partial charge in [0.1, 0.15) is 5.82 Å². The first-order valence-corrected chi connectivity index (χ1v) is 8.20. The molecule has 2 aromatic rings. The minimum atomic E-state index is -0.259. The molecule has 0 bridgehead atoms. The number of nitrogens with one attached hydrogen (secondary N) is 1. The highest BCUT2D eigenvalue weighted by Crippen LogP contribution is 2.37. The van der Waals surface area contributed by atoms with Crippen LogP contribution in [0.3, 0.4) is 0 Å². The predicted octanol–water partition coefficient (Wildman–Crippen LogP) is 4.69. The van der Waals surface area contributed by atoms with Crippen molar-refractivity contribution in [2.75, 3.05) is 5.32 Å². The molecule has 1 aromatic carbocycles. The molecule has 0 aliphatic heterocycles. The van der Waals surface area contributed by atoms with Gasteiger partial charge in [0.05, 0.1) is 5.56 Å². The normalized spacial score (nSPS) is 15.1. The molecule has 4 heteroatoms. The molecule has 0 saturated heterocycles. The molecule has 0 unspecified atom stereocenters. The van der Waals surface area contributed by atoms with E-state index in [1.54, 1.807) is 19.1 Å². The second-order valence-corrected chi connectivity index (χ2v) is 6.58. The fraction of sp³-hybridized carbons (Fsp3) is 0.421. The molecule has 1 amide bonds. The number of aryl methyl sites for hydroxylation is 3. The van der Waals surface area contributed by atoms with Gasteiger partial charge in [-0.1, -0.05) is 12.8 Å². The average molecular weight is 314 g/mol. The Kier molecular flexibility index (Phi) is 4.24. The van der Waals surface area contributed by atoms with Crippen molar-refractivity contribution in [1.29, 1.82) is 0 Å². The average Bonchev–Trinajstić information content (AvgIpc) is 3.10. The summed E-state index contributed by atoms with van der Waals surface area (Å²) in [6.07, 6.45) is 6.78. The van der Waals surface area contributed by atoms with Crippen LogP contribution < -0.4 is 5.32 Å². The molecular formula is C19H23FN2O. The van der Waals surface area contributed by atoms with Crippen LogP contribution in [0.25, 0.3) is 0 Å². The maximum absolute atomic E-state index is 13.4. The standard InChI is InChI=1S/C19H23FN2O/c1-12-10-15(8-9-16(12)20)21-19(23)17-13(2)11-22(3)18(17)14-6-4-5-7-14/h8-11,14H,4-7H2,1-3H3,(H,21,23). The molecular weight excluding hydrogens is 291 g/mol. The van der Waals surface area contributed by atoms with E-state index < -0.39 is 0 Å². The quantitative estimate of drug-likeness (QED) is 0.876. The Morgan fingerprint density at radius 1 is 1.22 bits per heavy atom. The summed E-state index contributed by atoms with van der Waals surface area (Å²) in [4.78, 5) is 12.8. The van der Waals surface area contributed by atoms with Crippen molar-refractivity contribution in [2.24, 2.45) is 7.05 Å². The molecule has 1 N–H and O–H groups in total. The predicted molar refractivity (Wildman–Crippen MR) is 90.4 cm³/mol. The first-order valence-electron chi connectivity index (χ1n) is 8.20. The molecule has 1 aliphatic carbocycles. The largest absolute Gasteiger partial charge is 0.353 e. The summed E-state index contributed by atoms with van der Waals surface area (Å²) >= 11 is 0. The Labute approximate surface area is 136 Å². The second-order valence-electron chi connectivity index (χ2n) is 6.58. The van der Waals surface area contributed by atoms with Crippen molar-refractivity contribution in [3.05, 3.63) is 52.6 Å². The molecule has 1 aromatic heterocycles. The zero-order valence-corrected chi connectivity index (χ0v) is 13.9. The van der Waals surface area contributed by atoms with E-state index in [2.05, 4.69) is 9.88 Å². The van der Waals surface area contributed by atoms with Crippen LogP contribution in [0.15, 0.2) is 24.4 Å². The molecule has 23 heavy (non-hydrogen) atoms. The molecule has 0 spiro atoms. The SMILES string of the molecule is Cc1cc(NC(=O)c2c(C)cn(C)c2C2CCCC2)ccc1F. The summed E-state index contributed by atoms with van der Waals surface area (Å²) in [6, 6.07) is 4.66. The second kappa shape index (κ2) is 6.19. The molecule has 0 radical (unpaired) electrons. The maximum atomic E-state index is 13.4. The van der Waals surface area contributed by atoms with Gasteiger partial charge in [-0.15, -0.1) is 0 Å². The Morgan fingerprint density at radius 2 is 1.91 bits per heavy atom. The van der Waals surface area contributed by atoms with E-state index in [1.165, 1.54) is 18.9 Å².